The van der Waals surface area contributed by atoms with Crippen molar-refractivity contribution in [2.45, 2.75) is 11.6 Å². The summed E-state index contributed by atoms with van der Waals surface area (Å²) >= 11 is 1.53. The van der Waals surface area contributed by atoms with E-state index in [-0.39, 0.29) is 0 Å². The Morgan fingerprint density at radius 1 is 1.47 bits per heavy atom. The number of aromatic nitrogens is 2. The Bertz CT molecular complexity index is 438. The van der Waals surface area contributed by atoms with Crippen molar-refractivity contribution in [3.63, 3.8) is 0 Å². The fourth-order valence-electron chi connectivity index (χ4n) is 1.13. The van der Waals surface area contributed by atoms with Gasteiger partial charge < -0.3 is 14.3 Å². The first-order valence-electron chi connectivity index (χ1n) is 4.45. The van der Waals surface area contributed by atoms with Gasteiger partial charge in [-0.15, -0.1) is 0 Å². The fourth-order valence-corrected chi connectivity index (χ4v) is 1.51. The Labute approximate surface area is 91.2 Å². The minimum Gasteiger partial charge on any atom is -0.445 e. The molecule has 2 rings (SSSR count). The summed E-state index contributed by atoms with van der Waals surface area (Å²) in [5, 5.41) is 7.58. The minimum absolute atomic E-state index is 0.417. The van der Waals surface area contributed by atoms with E-state index in [2.05, 4.69) is 15.5 Å². The fraction of sp³-hybridized carbons (Fsp3) is 0.333. The standard InChI is InChI=1S/C9H11N3O2S/c1-10-5-7-11-9(14-12-7)6-3-4-8(13-6)15-2/h3-4,10H,5H2,1-2H3. The summed E-state index contributed by atoms with van der Waals surface area (Å²) in [7, 11) is 1.83. The molecule has 0 aliphatic rings. The summed E-state index contributed by atoms with van der Waals surface area (Å²) in [4.78, 5) is 4.17. The number of nitrogens with zero attached hydrogens (tertiary/aromatic N) is 2. The number of hydrogen-bond donors (Lipinski definition) is 1. The molecule has 0 aliphatic carbocycles. The Hall–Kier alpha value is -1.27. The molecule has 15 heavy (non-hydrogen) atoms. The maximum Gasteiger partial charge on any atom is 0.293 e. The maximum absolute atomic E-state index is 5.46. The largest absolute Gasteiger partial charge is 0.445 e. The molecule has 0 bridgehead atoms. The predicted molar refractivity (Wildman–Crippen MR) is 56.5 cm³/mol. The highest BCUT2D eigenvalue weighted by atomic mass is 32.2. The molecule has 80 valence electrons. The summed E-state index contributed by atoms with van der Waals surface area (Å²) in [5.74, 6) is 1.64. The molecular weight excluding hydrogens is 214 g/mol. The minimum atomic E-state index is 0.417. The van der Waals surface area contributed by atoms with Crippen LogP contribution in [0, 0.1) is 0 Å². The van der Waals surface area contributed by atoms with Crippen molar-refractivity contribution in [1.29, 1.82) is 0 Å². The molecule has 0 saturated heterocycles. The molecule has 2 aromatic rings. The number of nitrogens with one attached hydrogen (secondary N) is 1. The van der Waals surface area contributed by atoms with Gasteiger partial charge in [0.1, 0.15) is 0 Å². The summed E-state index contributed by atoms with van der Waals surface area (Å²) < 4.78 is 10.5. The van der Waals surface area contributed by atoms with Crippen LogP contribution in [0.15, 0.2) is 26.2 Å². The monoisotopic (exact) mass is 225 g/mol. The van der Waals surface area contributed by atoms with E-state index in [1.165, 1.54) is 11.8 Å². The van der Waals surface area contributed by atoms with Crippen LogP contribution in [0.1, 0.15) is 5.82 Å². The third kappa shape index (κ3) is 2.21. The molecule has 0 amide bonds. The van der Waals surface area contributed by atoms with Gasteiger partial charge in [0.2, 0.25) is 0 Å². The zero-order valence-electron chi connectivity index (χ0n) is 8.48. The van der Waals surface area contributed by atoms with Gasteiger partial charge in [-0.2, -0.15) is 4.98 Å². The van der Waals surface area contributed by atoms with Gasteiger partial charge in [0, 0.05) is 0 Å². The normalized spacial score (nSPS) is 10.8. The summed E-state index contributed by atoms with van der Waals surface area (Å²) in [6.45, 7) is 0.583. The quantitative estimate of drug-likeness (QED) is 0.800. The van der Waals surface area contributed by atoms with E-state index in [1.807, 2.05) is 25.4 Å². The number of furan rings is 1. The van der Waals surface area contributed by atoms with Crippen molar-refractivity contribution < 1.29 is 8.94 Å². The van der Waals surface area contributed by atoms with Gasteiger partial charge in [-0.05, 0) is 25.4 Å². The first kappa shape index (κ1) is 10.3. The van der Waals surface area contributed by atoms with E-state index in [1.54, 1.807) is 0 Å². The lowest BCUT2D eigenvalue weighted by Crippen LogP contribution is -2.06. The number of thioether (sulfide) groups is 1. The van der Waals surface area contributed by atoms with Crippen molar-refractivity contribution in [1.82, 2.24) is 15.5 Å². The summed E-state index contributed by atoms with van der Waals surface area (Å²) in [6.07, 6.45) is 1.95. The van der Waals surface area contributed by atoms with Gasteiger partial charge >= 0.3 is 0 Å². The zero-order valence-corrected chi connectivity index (χ0v) is 9.30. The molecule has 5 nitrogen and oxygen atoms in total. The topological polar surface area (TPSA) is 64.1 Å². The van der Waals surface area contributed by atoms with Crippen LogP contribution in [0.3, 0.4) is 0 Å². The second-order valence-electron chi connectivity index (χ2n) is 2.87. The molecule has 6 heteroatoms. The lowest BCUT2D eigenvalue weighted by atomic mass is 10.4. The second kappa shape index (κ2) is 4.50. The molecule has 0 fully saturated rings. The maximum atomic E-state index is 5.46. The zero-order chi connectivity index (χ0) is 10.7. The molecule has 2 aromatic heterocycles. The Morgan fingerprint density at radius 2 is 2.33 bits per heavy atom. The molecule has 0 saturated carbocycles. The predicted octanol–water partition coefficient (Wildman–Crippen LogP) is 1.77. The van der Waals surface area contributed by atoms with Gasteiger partial charge in [0.25, 0.3) is 5.89 Å². The van der Waals surface area contributed by atoms with E-state index in [0.717, 1.165) is 5.09 Å². The van der Waals surface area contributed by atoms with Crippen LogP contribution in [0.25, 0.3) is 11.7 Å². The van der Waals surface area contributed by atoms with Gasteiger partial charge in [0.05, 0.1) is 6.54 Å². The molecule has 0 atom stereocenters. The third-order valence-electron chi connectivity index (χ3n) is 1.80. The molecule has 2 heterocycles. The van der Waals surface area contributed by atoms with Crippen molar-refractivity contribution >= 4 is 11.8 Å². The third-order valence-corrected chi connectivity index (χ3v) is 2.42. The highest BCUT2D eigenvalue weighted by Gasteiger charge is 2.12. The van der Waals surface area contributed by atoms with E-state index in [9.17, 15) is 0 Å². The van der Waals surface area contributed by atoms with Gasteiger partial charge in [-0.25, -0.2) is 0 Å². The van der Waals surface area contributed by atoms with Gasteiger partial charge in [-0.3, -0.25) is 0 Å². The van der Waals surface area contributed by atoms with Crippen LogP contribution in [0.2, 0.25) is 0 Å². The molecule has 0 spiro atoms. The smallest absolute Gasteiger partial charge is 0.293 e. The van der Waals surface area contributed by atoms with Crippen LogP contribution in [0.5, 0.6) is 0 Å². The van der Waals surface area contributed by atoms with E-state index >= 15 is 0 Å². The van der Waals surface area contributed by atoms with Crippen LogP contribution < -0.4 is 5.32 Å². The van der Waals surface area contributed by atoms with Crippen LogP contribution >= 0.6 is 11.8 Å². The first-order chi connectivity index (χ1) is 7.33. The highest BCUT2D eigenvalue weighted by molar-refractivity contribution is 7.98. The number of rotatable bonds is 4. The Balaban J connectivity index is 2.21. The van der Waals surface area contributed by atoms with Gasteiger partial charge in [0.15, 0.2) is 16.7 Å². The average molecular weight is 225 g/mol. The lowest BCUT2D eigenvalue weighted by Gasteiger charge is -1.87. The highest BCUT2D eigenvalue weighted by Crippen LogP contribution is 2.25. The first-order valence-corrected chi connectivity index (χ1v) is 5.67. The molecule has 0 aromatic carbocycles. The Kier molecular flexibility index (Phi) is 3.08. The molecule has 0 aliphatic heterocycles. The number of hydrogen-bond acceptors (Lipinski definition) is 6. The summed E-state index contributed by atoms with van der Waals surface area (Å²) in [6, 6.07) is 3.70. The average Bonchev–Trinajstić information content (AvgIpc) is 2.85. The van der Waals surface area contributed by atoms with Crippen LogP contribution in [-0.4, -0.2) is 23.4 Å². The lowest BCUT2D eigenvalue weighted by molar-refractivity contribution is 0.397. The van der Waals surface area contributed by atoms with Crippen molar-refractivity contribution in [3.8, 4) is 11.7 Å². The Morgan fingerprint density at radius 3 is 3.00 bits per heavy atom. The molecule has 1 N–H and O–H groups in total. The van der Waals surface area contributed by atoms with Crippen molar-refractivity contribution in [2.75, 3.05) is 13.3 Å². The SMILES string of the molecule is CNCc1noc(-c2ccc(SC)o2)n1. The van der Waals surface area contributed by atoms with E-state index in [4.69, 9.17) is 8.94 Å². The van der Waals surface area contributed by atoms with Gasteiger partial charge in [-0.1, -0.05) is 16.9 Å². The van der Waals surface area contributed by atoms with Crippen molar-refractivity contribution in [2.24, 2.45) is 0 Å². The van der Waals surface area contributed by atoms with E-state index < -0.39 is 0 Å². The summed E-state index contributed by atoms with van der Waals surface area (Å²) in [5.41, 5.74) is 0. The van der Waals surface area contributed by atoms with Crippen LogP contribution in [-0.2, 0) is 6.54 Å². The van der Waals surface area contributed by atoms with E-state index in [0.29, 0.717) is 24.0 Å². The van der Waals surface area contributed by atoms with Crippen LogP contribution in [0.4, 0.5) is 0 Å². The van der Waals surface area contributed by atoms with Crippen molar-refractivity contribution in [3.05, 3.63) is 18.0 Å². The second-order valence-corrected chi connectivity index (χ2v) is 3.68. The molecule has 0 radical (unpaired) electrons. The molecule has 0 unspecified atom stereocenters. The molecular formula is C9H11N3O2S.